The minimum absolute atomic E-state index is 0.0625. The van der Waals surface area contributed by atoms with E-state index in [0.29, 0.717) is 44.3 Å². The van der Waals surface area contributed by atoms with Gasteiger partial charge in [-0.25, -0.2) is 0 Å². The van der Waals surface area contributed by atoms with Crippen LogP contribution in [0, 0.1) is 0 Å². The van der Waals surface area contributed by atoms with Crippen molar-refractivity contribution in [3.05, 3.63) is 65.7 Å². The first-order chi connectivity index (χ1) is 17.8. The molecule has 2 heterocycles. The van der Waals surface area contributed by atoms with Crippen LogP contribution in [0.4, 0.5) is 0 Å². The molecule has 0 bridgehead atoms. The van der Waals surface area contributed by atoms with E-state index in [9.17, 15) is 24.3 Å². The Morgan fingerprint density at radius 2 is 1.49 bits per heavy atom. The first-order valence-corrected chi connectivity index (χ1v) is 12.6. The molecule has 0 spiro atoms. The molecule has 4 amide bonds. The highest BCUT2D eigenvalue weighted by Gasteiger charge is 2.40. The fourth-order valence-corrected chi connectivity index (χ4v) is 5.15. The van der Waals surface area contributed by atoms with Gasteiger partial charge in [-0.05, 0) is 48.9 Å². The van der Waals surface area contributed by atoms with Crippen molar-refractivity contribution in [2.45, 2.75) is 56.3 Å². The lowest BCUT2D eigenvalue weighted by molar-refractivity contribution is -0.143. The number of phenolic OH excluding ortho intramolecular Hbond substituents is 1. The van der Waals surface area contributed by atoms with E-state index in [1.54, 1.807) is 12.1 Å². The van der Waals surface area contributed by atoms with Gasteiger partial charge in [0.05, 0.1) is 0 Å². The minimum Gasteiger partial charge on any atom is -0.508 e. The number of hydrogen-bond donors (Lipinski definition) is 4. The molecule has 37 heavy (non-hydrogen) atoms. The van der Waals surface area contributed by atoms with Crippen LogP contribution in [0.5, 0.6) is 5.75 Å². The van der Waals surface area contributed by atoms with E-state index in [1.165, 1.54) is 21.9 Å². The average molecular weight is 508 g/mol. The average Bonchev–Trinajstić information content (AvgIpc) is 3.58. The monoisotopic (exact) mass is 507 g/mol. The van der Waals surface area contributed by atoms with Crippen LogP contribution in [-0.2, 0) is 25.6 Å². The van der Waals surface area contributed by atoms with Crippen molar-refractivity contribution in [2.75, 3.05) is 13.1 Å². The number of carbonyl (C=O) groups is 4. The van der Waals surface area contributed by atoms with E-state index >= 15 is 0 Å². The molecule has 0 unspecified atom stereocenters. The third-order valence-electron chi connectivity index (χ3n) is 7.12. The molecule has 4 rings (SSSR count). The Hall–Kier alpha value is -3.92. The van der Waals surface area contributed by atoms with Crippen LogP contribution < -0.4 is 16.8 Å². The van der Waals surface area contributed by atoms with E-state index in [0.717, 1.165) is 5.56 Å². The summed E-state index contributed by atoms with van der Waals surface area (Å²) in [6.07, 6.45) is 2.46. The number of amides is 4. The van der Waals surface area contributed by atoms with Gasteiger partial charge in [-0.1, -0.05) is 42.5 Å². The van der Waals surface area contributed by atoms with E-state index in [-0.39, 0.29) is 18.1 Å². The second kappa shape index (κ2) is 11.4. The maximum Gasteiger partial charge on any atom is 0.246 e. The molecule has 6 N–H and O–H groups in total. The van der Waals surface area contributed by atoms with Crippen LogP contribution >= 0.6 is 0 Å². The topological polar surface area (TPSA) is 159 Å². The molecular weight excluding hydrogens is 474 g/mol. The number of nitrogens with two attached hydrogens (primary N) is 2. The summed E-state index contributed by atoms with van der Waals surface area (Å²) in [5.41, 5.74) is 13.1. The summed E-state index contributed by atoms with van der Waals surface area (Å²) in [6.45, 7) is 0.763. The zero-order valence-corrected chi connectivity index (χ0v) is 20.6. The van der Waals surface area contributed by atoms with Crippen molar-refractivity contribution < 1.29 is 24.3 Å². The maximum absolute atomic E-state index is 13.5. The molecule has 10 heteroatoms. The molecule has 2 fully saturated rings. The fraction of sp³-hybridized carbons (Fsp3) is 0.407. The van der Waals surface area contributed by atoms with Gasteiger partial charge in [0.25, 0.3) is 0 Å². The standard InChI is InChI=1S/C27H33N5O5/c28-23(18-10-12-19(33)13-11-18)27(37)32-15-5-9-22(32)25(35)30-20(16-17-6-2-1-3-7-17)26(36)31-14-4-8-21(31)24(29)34/h1-3,6-7,10-13,20-23,33H,4-5,8-9,14-16,28H2,(H2,29,34)(H,30,35)/t20-,21+,22-,23-/m0/s1. The number of primary amides is 1. The third-order valence-corrected chi connectivity index (χ3v) is 7.12. The number of benzene rings is 2. The molecule has 2 aliphatic rings. The number of rotatable bonds is 8. The Bertz CT molecular complexity index is 1140. The molecule has 0 aliphatic carbocycles. The van der Waals surface area contributed by atoms with Crippen LogP contribution in [0.3, 0.4) is 0 Å². The normalized spacial score (nSPS) is 20.9. The van der Waals surface area contributed by atoms with Crippen LogP contribution in [0.2, 0.25) is 0 Å². The van der Waals surface area contributed by atoms with Gasteiger partial charge >= 0.3 is 0 Å². The maximum atomic E-state index is 13.5. The molecule has 0 saturated carbocycles. The van der Waals surface area contributed by atoms with E-state index < -0.39 is 41.9 Å². The second-order valence-electron chi connectivity index (χ2n) is 9.60. The number of phenols is 1. The van der Waals surface area contributed by atoms with Crippen LogP contribution in [0.15, 0.2) is 54.6 Å². The third kappa shape index (κ3) is 5.91. The van der Waals surface area contributed by atoms with Crippen molar-refractivity contribution >= 4 is 23.6 Å². The fourth-order valence-electron chi connectivity index (χ4n) is 5.15. The number of hydrogen-bond acceptors (Lipinski definition) is 6. The van der Waals surface area contributed by atoms with Crippen LogP contribution in [0.1, 0.15) is 42.9 Å². The van der Waals surface area contributed by atoms with Gasteiger partial charge in [-0.15, -0.1) is 0 Å². The minimum atomic E-state index is -0.989. The van der Waals surface area contributed by atoms with Crippen molar-refractivity contribution in [1.82, 2.24) is 15.1 Å². The van der Waals surface area contributed by atoms with Gasteiger partial charge in [-0.3, -0.25) is 19.2 Å². The Balaban J connectivity index is 1.51. The molecule has 0 aromatic heterocycles. The largest absolute Gasteiger partial charge is 0.508 e. The Morgan fingerprint density at radius 1 is 0.892 bits per heavy atom. The van der Waals surface area contributed by atoms with Gasteiger partial charge in [-0.2, -0.15) is 0 Å². The Labute approximate surface area is 215 Å². The van der Waals surface area contributed by atoms with Crippen molar-refractivity contribution in [2.24, 2.45) is 11.5 Å². The molecule has 0 radical (unpaired) electrons. The van der Waals surface area contributed by atoms with E-state index in [4.69, 9.17) is 11.5 Å². The Morgan fingerprint density at radius 3 is 2.11 bits per heavy atom. The van der Waals surface area contributed by atoms with E-state index in [2.05, 4.69) is 5.32 Å². The molecule has 2 aromatic rings. The lowest BCUT2D eigenvalue weighted by Gasteiger charge is -2.31. The number of carbonyl (C=O) groups excluding carboxylic acids is 4. The molecule has 2 aromatic carbocycles. The number of likely N-dealkylation sites (tertiary alicyclic amines) is 2. The molecular formula is C27H33N5O5. The first-order valence-electron chi connectivity index (χ1n) is 12.6. The SMILES string of the molecule is NC(=O)[C@H]1CCCN1C(=O)[C@H](Cc1ccccc1)NC(=O)[C@@H]1CCCN1C(=O)[C@@H](N)c1ccc(O)cc1. The van der Waals surface area contributed by atoms with Gasteiger partial charge in [0.1, 0.15) is 29.9 Å². The number of aromatic hydroxyl groups is 1. The summed E-state index contributed by atoms with van der Waals surface area (Å²) >= 11 is 0. The lowest BCUT2D eigenvalue weighted by atomic mass is 10.0. The van der Waals surface area contributed by atoms with Gasteiger partial charge in [0.15, 0.2) is 0 Å². The summed E-state index contributed by atoms with van der Waals surface area (Å²) in [5.74, 6) is -1.70. The summed E-state index contributed by atoms with van der Waals surface area (Å²) in [4.78, 5) is 55.0. The first kappa shape index (κ1) is 26.2. The molecule has 196 valence electrons. The zero-order chi connectivity index (χ0) is 26.5. The molecule has 2 saturated heterocycles. The summed E-state index contributed by atoms with van der Waals surface area (Å²) < 4.78 is 0. The van der Waals surface area contributed by atoms with Crippen LogP contribution in [-0.4, -0.2) is 69.8 Å². The van der Waals surface area contributed by atoms with Crippen molar-refractivity contribution in [3.8, 4) is 5.75 Å². The van der Waals surface area contributed by atoms with Crippen molar-refractivity contribution in [3.63, 3.8) is 0 Å². The van der Waals surface area contributed by atoms with Crippen molar-refractivity contribution in [1.29, 1.82) is 0 Å². The Kier molecular flexibility index (Phi) is 8.08. The second-order valence-corrected chi connectivity index (χ2v) is 9.60. The predicted molar refractivity (Wildman–Crippen MR) is 136 cm³/mol. The number of nitrogens with zero attached hydrogens (tertiary/aromatic N) is 2. The number of nitrogens with one attached hydrogen (secondary N) is 1. The summed E-state index contributed by atoms with van der Waals surface area (Å²) in [6, 6.07) is 12.0. The smallest absolute Gasteiger partial charge is 0.246 e. The molecule has 2 aliphatic heterocycles. The van der Waals surface area contributed by atoms with Gasteiger partial charge in [0.2, 0.25) is 23.6 Å². The molecule has 4 atom stereocenters. The van der Waals surface area contributed by atoms with Gasteiger partial charge in [0, 0.05) is 19.5 Å². The van der Waals surface area contributed by atoms with Gasteiger partial charge < -0.3 is 31.7 Å². The molecule has 10 nitrogen and oxygen atoms in total. The predicted octanol–water partition coefficient (Wildman–Crippen LogP) is 0.587. The zero-order valence-electron chi connectivity index (χ0n) is 20.6. The summed E-state index contributed by atoms with van der Waals surface area (Å²) in [5, 5.41) is 12.4. The van der Waals surface area contributed by atoms with E-state index in [1.807, 2.05) is 30.3 Å². The van der Waals surface area contributed by atoms with Crippen LogP contribution in [0.25, 0.3) is 0 Å². The highest BCUT2D eigenvalue weighted by atomic mass is 16.3. The quantitative estimate of drug-likeness (QED) is 0.409. The lowest BCUT2D eigenvalue weighted by Crippen LogP contribution is -2.57. The summed E-state index contributed by atoms with van der Waals surface area (Å²) in [7, 11) is 0. The highest BCUT2D eigenvalue weighted by Crippen LogP contribution is 2.25. The highest BCUT2D eigenvalue weighted by molar-refractivity contribution is 5.95.